The van der Waals surface area contributed by atoms with Gasteiger partial charge in [0.15, 0.2) is 5.96 Å². The predicted molar refractivity (Wildman–Crippen MR) is 117 cm³/mol. The molecule has 2 aromatic carbocycles. The Hall–Kier alpha value is -3.17. The summed E-state index contributed by atoms with van der Waals surface area (Å²) >= 11 is 0. The zero-order valence-electron chi connectivity index (χ0n) is 17.1. The van der Waals surface area contributed by atoms with E-state index in [4.69, 9.17) is 9.56 Å². The van der Waals surface area contributed by atoms with Gasteiger partial charge in [-0.3, -0.25) is 0 Å². The Balaban J connectivity index is 1.65. The highest BCUT2D eigenvalue weighted by molar-refractivity contribution is 7.89. The van der Waals surface area contributed by atoms with Gasteiger partial charge in [0, 0.05) is 19.5 Å². The smallest absolute Gasteiger partial charge is 0.238 e. The fraction of sp³-hybridized carbons (Fsp3) is 0.227. The zero-order chi connectivity index (χ0) is 22.3. The third-order valence-electron chi connectivity index (χ3n) is 4.61. The van der Waals surface area contributed by atoms with E-state index in [2.05, 4.69) is 15.6 Å². The number of primary sulfonamides is 1. The van der Waals surface area contributed by atoms with Crippen molar-refractivity contribution in [2.24, 2.45) is 10.1 Å². The molecule has 0 aliphatic rings. The summed E-state index contributed by atoms with van der Waals surface area (Å²) in [5, 5.41) is 11.6. The van der Waals surface area contributed by atoms with Crippen LogP contribution < -0.4 is 15.8 Å². The number of halogens is 1. The van der Waals surface area contributed by atoms with Gasteiger partial charge >= 0.3 is 0 Å². The molecule has 7 nitrogen and oxygen atoms in total. The second kappa shape index (κ2) is 10.2. The van der Waals surface area contributed by atoms with Crippen LogP contribution in [0.4, 0.5) is 4.39 Å². The van der Waals surface area contributed by atoms with E-state index in [1.165, 1.54) is 18.2 Å². The lowest BCUT2D eigenvalue weighted by Crippen LogP contribution is -2.38. The minimum Gasteiger partial charge on any atom is -0.469 e. The number of aliphatic imine (C=N–C) groups is 1. The number of rotatable bonds is 8. The van der Waals surface area contributed by atoms with Crippen LogP contribution >= 0.6 is 0 Å². The third kappa shape index (κ3) is 6.94. The second-order valence-electron chi connectivity index (χ2n) is 7.05. The Labute approximate surface area is 181 Å². The number of sulfonamides is 1. The van der Waals surface area contributed by atoms with Crippen LogP contribution in [0.2, 0.25) is 0 Å². The number of guanidine groups is 1. The Kier molecular flexibility index (Phi) is 7.43. The zero-order valence-corrected chi connectivity index (χ0v) is 18.0. The van der Waals surface area contributed by atoms with Crippen molar-refractivity contribution in [3.05, 3.63) is 89.1 Å². The lowest BCUT2D eigenvalue weighted by Gasteiger charge is -2.13. The maximum absolute atomic E-state index is 13.8. The maximum Gasteiger partial charge on any atom is 0.238 e. The Morgan fingerprint density at radius 1 is 1.10 bits per heavy atom. The summed E-state index contributed by atoms with van der Waals surface area (Å²) in [5.74, 6) is 1.14. The monoisotopic (exact) mass is 444 g/mol. The van der Waals surface area contributed by atoms with Crippen LogP contribution in [-0.4, -0.2) is 20.9 Å². The van der Waals surface area contributed by atoms with Crippen molar-refractivity contribution in [1.29, 1.82) is 0 Å². The predicted octanol–water partition coefficient (Wildman–Crippen LogP) is 2.85. The summed E-state index contributed by atoms with van der Waals surface area (Å²) in [6.45, 7) is 3.02. The standard InChI is InChI=1S/C22H25FN4O3S/c1-16-4-5-18(13-21(16)23)15-27-22(25-11-10-19-3-2-12-30-19)26-14-17-6-8-20(9-7-17)31(24,28)29/h2-9,12-13H,10-11,14-15H2,1H3,(H2,24,28,29)(H2,25,26,27). The third-order valence-corrected chi connectivity index (χ3v) is 5.54. The molecule has 3 rings (SSSR count). The first kappa shape index (κ1) is 22.5. The number of hydrogen-bond donors (Lipinski definition) is 3. The summed E-state index contributed by atoms with van der Waals surface area (Å²) in [6, 6.07) is 15.1. The first-order valence-electron chi connectivity index (χ1n) is 9.72. The van der Waals surface area contributed by atoms with E-state index in [0.717, 1.165) is 16.9 Å². The molecule has 1 aromatic heterocycles. The highest BCUT2D eigenvalue weighted by atomic mass is 32.2. The van der Waals surface area contributed by atoms with E-state index in [9.17, 15) is 12.8 Å². The molecule has 0 amide bonds. The second-order valence-corrected chi connectivity index (χ2v) is 8.61. The van der Waals surface area contributed by atoms with E-state index in [-0.39, 0.29) is 10.7 Å². The highest BCUT2D eigenvalue weighted by Gasteiger charge is 2.07. The number of nitrogens with two attached hydrogens (primary N) is 1. The van der Waals surface area contributed by atoms with Crippen molar-refractivity contribution in [1.82, 2.24) is 10.6 Å². The van der Waals surface area contributed by atoms with Crippen LogP contribution in [0.25, 0.3) is 0 Å². The van der Waals surface area contributed by atoms with Crippen LogP contribution in [0.3, 0.4) is 0 Å². The Morgan fingerprint density at radius 3 is 2.48 bits per heavy atom. The van der Waals surface area contributed by atoms with Crippen molar-refractivity contribution in [3.63, 3.8) is 0 Å². The van der Waals surface area contributed by atoms with E-state index in [0.29, 0.717) is 37.6 Å². The van der Waals surface area contributed by atoms with Crippen LogP contribution in [0.1, 0.15) is 22.5 Å². The van der Waals surface area contributed by atoms with Crippen molar-refractivity contribution in [2.75, 3.05) is 6.54 Å². The molecule has 4 N–H and O–H groups in total. The van der Waals surface area contributed by atoms with Gasteiger partial charge in [0.05, 0.1) is 17.7 Å². The van der Waals surface area contributed by atoms with Crippen LogP contribution in [0.5, 0.6) is 0 Å². The Bertz CT molecular complexity index is 1130. The SMILES string of the molecule is Cc1ccc(CN=C(NCCc2ccco2)NCc2ccc(S(N)(=O)=O)cc2)cc1F. The van der Waals surface area contributed by atoms with Crippen molar-refractivity contribution in [3.8, 4) is 0 Å². The number of furan rings is 1. The van der Waals surface area contributed by atoms with E-state index < -0.39 is 10.0 Å². The van der Waals surface area contributed by atoms with Gasteiger partial charge < -0.3 is 15.1 Å². The average Bonchev–Trinajstić information content (AvgIpc) is 3.25. The molecule has 1 heterocycles. The van der Waals surface area contributed by atoms with Gasteiger partial charge in [-0.2, -0.15) is 0 Å². The van der Waals surface area contributed by atoms with Gasteiger partial charge in [0.1, 0.15) is 11.6 Å². The van der Waals surface area contributed by atoms with Crippen LogP contribution in [0, 0.1) is 12.7 Å². The first-order chi connectivity index (χ1) is 14.8. The molecular weight excluding hydrogens is 419 g/mol. The molecule has 0 fully saturated rings. The normalized spacial score (nSPS) is 12.0. The minimum absolute atomic E-state index is 0.0584. The summed E-state index contributed by atoms with van der Waals surface area (Å²) in [5.41, 5.74) is 2.20. The molecule has 0 aliphatic carbocycles. The fourth-order valence-corrected chi connectivity index (χ4v) is 3.34. The molecule has 0 aliphatic heterocycles. The van der Waals surface area contributed by atoms with Crippen molar-refractivity contribution < 1.29 is 17.2 Å². The first-order valence-corrected chi connectivity index (χ1v) is 11.3. The Morgan fingerprint density at radius 2 is 1.84 bits per heavy atom. The summed E-state index contributed by atoms with van der Waals surface area (Å²) in [7, 11) is -3.73. The molecule has 0 unspecified atom stereocenters. The molecular formula is C22H25FN4O3S. The number of hydrogen-bond acceptors (Lipinski definition) is 4. The summed E-state index contributed by atoms with van der Waals surface area (Å²) in [4.78, 5) is 4.60. The van der Waals surface area contributed by atoms with Crippen LogP contribution in [-0.2, 0) is 29.5 Å². The number of nitrogens with one attached hydrogen (secondary N) is 2. The highest BCUT2D eigenvalue weighted by Crippen LogP contribution is 2.11. The van der Waals surface area contributed by atoms with Gasteiger partial charge in [-0.15, -0.1) is 0 Å². The average molecular weight is 445 g/mol. The molecule has 0 bridgehead atoms. The number of aryl methyl sites for hydroxylation is 1. The lowest BCUT2D eigenvalue weighted by molar-refractivity contribution is 0.506. The summed E-state index contributed by atoms with van der Waals surface area (Å²) in [6.07, 6.45) is 2.30. The fourth-order valence-electron chi connectivity index (χ4n) is 2.82. The molecule has 9 heteroatoms. The minimum atomic E-state index is -3.73. The van der Waals surface area contributed by atoms with Crippen LogP contribution in [0.15, 0.2) is 75.2 Å². The van der Waals surface area contributed by atoms with Crippen molar-refractivity contribution in [2.45, 2.75) is 31.3 Å². The largest absolute Gasteiger partial charge is 0.469 e. The lowest BCUT2D eigenvalue weighted by atomic mass is 10.1. The topological polar surface area (TPSA) is 110 Å². The molecule has 31 heavy (non-hydrogen) atoms. The molecule has 0 saturated carbocycles. The van der Waals surface area contributed by atoms with Crippen molar-refractivity contribution >= 4 is 16.0 Å². The van der Waals surface area contributed by atoms with E-state index in [1.54, 1.807) is 31.4 Å². The summed E-state index contributed by atoms with van der Waals surface area (Å²) < 4.78 is 41.9. The maximum atomic E-state index is 13.8. The molecule has 0 spiro atoms. The molecule has 0 radical (unpaired) electrons. The number of benzene rings is 2. The van der Waals surface area contributed by atoms with Gasteiger partial charge in [0.2, 0.25) is 10.0 Å². The van der Waals surface area contributed by atoms with Gasteiger partial charge in [-0.25, -0.2) is 22.9 Å². The molecule has 0 atom stereocenters. The molecule has 0 saturated heterocycles. The molecule has 3 aromatic rings. The number of nitrogens with zero attached hydrogens (tertiary/aromatic N) is 1. The van der Waals surface area contributed by atoms with Gasteiger partial charge in [0.25, 0.3) is 0 Å². The van der Waals surface area contributed by atoms with E-state index in [1.807, 2.05) is 18.2 Å². The van der Waals surface area contributed by atoms with E-state index >= 15 is 0 Å². The van der Waals surface area contributed by atoms with Gasteiger partial charge in [-0.05, 0) is 53.9 Å². The van der Waals surface area contributed by atoms with Gasteiger partial charge in [-0.1, -0.05) is 24.3 Å². The quantitative estimate of drug-likeness (QED) is 0.366. The molecule has 164 valence electrons.